The van der Waals surface area contributed by atoms with Crippen LogP contribution in [0.1, 0.15) is 122 Å². The first-order valence-electron chi connectivity index (χ1n) is 27.4. The van der Waals surface area contributed by atoms with Crippen LogP contribution in [0.15, 0.2) is 24.3 Å². The first-order valence-corrected chi connectivity index (χ1v) is 27.4. The second-order valence-corrected chi connectivity index (χ2v) is 20.3. The van der Waals surface area contributed by atoms with Gasteiger partial charge in [0.2, 0.25) is 0 Å². The molecule has 9 heterocycles. The molecule has 4 saturated heterocycles. The summed E-state index contributed by atoms with van der Waals surface area (Å²) in [6.45, 7) is 20.1. The molecule has 0 aliphatic carbocycles. The van der Waals surface area contributed by atoms with E-state index in [4.69, 9.17) is 28.9 Å². The number of morpholine rings is 4. The number of aromatic amines is 2. The lowest BCUT2D eigenvalue weighted by Crippen LogP contribution is -2.36. The highest BCUT2D eigenvalue weighted by molar-refractivity contribution is 5.80. The Morgan fingerprint density at radius 3 is 0.971 bits per heavy atom. The maximum atomic E-state index is 5.68. The Hall–Kier alpha value is -3.46. The summed E-state index contributed by atoms with van der Waals surface area (Å²) in [5.74, 6) is 0. The van der Waals surface area contributed by atoms with Crippen molar-refractivity contribution in [3.8, 4) is 0 Å². The van der Waals surface area contributed by atoms with Crippen LogP contribution in [0, 0.1) is 0 Å². The van der Waals surface area contributed by atoms with Crippen molar-refractivity contribution in [1.29, 1.82) is 0 Å². The summed E-state index contributed by atoms with van der Waals surface area (Å²) in [4.78, 5) is 29.6. The number of ether oxygens (including phenoxy) is 4. The van der Waals surface area contributed by atoms with Gasteiger partial charge < -0.3 is 28.9 Å². The Labute approximate surface area is 407 Å². The maximum Gasteiger partial charge on any atom is 0.0690 e. The molecule has 0 amide bonds. The summed E-state index contributed by atoms with van der Waals surface area (Å²) in [7, 11) is 0. The van der Waals surface area contributed by atoms with Gasteiger partial charge in [-0.3, -0.25) is 24.6 Å². The number of fused-ring (bicyclic) bond motifs is 8. The van der Waals surface area contributed by atoms with Gasteiger partial charge in [0.15, 0.2) is 0 Å². The molecule has 0 aromatic carbocycles. The van der Waals surface area contributed by atoms with Gasteiger partial charge in [0.1, 0.15) is 0 Å². The minimum absolute atomic E-state index is 0.865. The number of hydrogen-bond donors (Lipinski definition) is 2. The van der Waals surface area contributed by atoms with Crippen molar-refractivity contribution in [3.05, 3.63) is 69.3 Å². The molecule has 0 unspecified atom stereocenters. The minimum Gasteiger partial charge on any atom is -0.379 e. The molecular formula is C56H84N8O4. The highest BCUT2D eigenvalue weighted by Gasteiger charge is 2.20. The third kappa shape index (κ3) is 14.3. The van der Waals surface area contributed by atoms with E-state index in [1.165, 1.54) is 133 Å². The summed E-state index contributed by atoms with van der Waals surface area (Å²) in [6.07, 6.45) is 25.1. The van der Waals surface area contributed by atoms with Gasteiger partial charge >= 0.3 is 0 Å². The molecule has 4 fully saturated rings. The highest BCUT2D eigenvalue weighted by Crippen LogP contribution is 2.30. The maximum absolute atomic E-state index is 5.68. The second kappa shape index (κ2) is 26.7. The van der Waals surface area contributed by atoms with Crippen molar-refractivity contribution in [1.82, 2.24) is 39.5 Å². The Morgan fingerprint density at radius 1 is 0.353 bits per heavy atom. The second-order valence-electron chi connectivity index (χ2n) is 20.3. The molecule has 12 nitrogen and oxygen atoms in total. The third-order valence-electron chi connectivity index (χ3n) is 15.5. The molecule has 68 heavy (non-hydrogen) atoms. The van der Waals surface area contributed by atoms with Gasteiger partial charge in [-0.25, -0.2) is 4.98 Å². The van der Waals surface area contributed by atoms with Crippen LogP contribution in [-0.2, 0) is 57.5 Å². The van der Waals surface area contributed by atoms with Crippen molar-refractivity contribution in [2.24, 2.45) is 0 Å². The van der Waals surface area contributed by atoms with E-state index in [1.807, 2.05) is 0 Å². The molecule has 8 bridgehead atoms. The zero-order valence-electron chi connectivity index (χ0n) is 41.7. The zero-order valence-corrected chi connectivity index (χ0v) is 41.7. The Kier molecular flexibility index (Phi) is 19.4. The highest BCUT2D eigenvalue weighted by atomic mass is 16.5. The van der Waals surface area contributed by atoms with E-state index in [1.54, 1.807) is 0 Å². The van der Waals surface area contributed by atoms with Gasteiger partial charge in [-0.2, -0.15) is 0 Å². The lowest BCUT2D eigenvalue weighted by Gasteiger charge is -2.26. The first kappa shape index (κ1) is 49.5. The largest absolute Gasteiger partial charge is 0.379 e. The van der Waals surface area contributed by atoms with Crippen LogP contribution in [-0.4, -0.2) is 171 Å². The zero-order chi connectivity index (χ0) is 46.0. The van der Waals surface area contributed by atoms with Crippen LogP contribution in [0.5, 0.6) is 0 Å². The first-order chi connectivity index (χ1) is 33.7. The average Bonchev–Trinajstić information content (AvgIpc) is 4.24. The van der Waals surface area contributed by atoms with Gasteiger partial charge in [-0.05, 0) is 164 Å². The van der Waals surface area contributed by atoms with Gasteiger partial charge in [0, 0.05) is 96.9 Å². The number of aromatic nitrogens is 4. The molecule has 12 heteroatoms. The van der Waals surface area contributed by atoms with Crippen molar-refractivity contribution in [2.75, 3.05) is 131 Å². The predicted molar refractivity (Wildman–Crippen MR) is 277 cm³/mol. The summed E-state index contributed by atoms with van der Waals surface area (Å²) < 4.78 is 22.5. The monoisotopic (exact) mass is 933 g/mol. The lowest BCUT2D eigenvalue weighted by atomic mass is 10.0. The smallest absolute Gasteiger partial charge is 0.0690 e. The standard InChI is InChI=1S/C56H84N8O4/c1(9-25-61-29-37-65-38-30-61)5-13-45-49-17-19-51(57-49)46(14-6-2-10-26-62-31-39-66-40-32-62)53-21-23-55(59-53)48(16-8-4-12-28-64-35-43-68-44-36-64)56-24-22-54(60-56)47(52-20-18-50(45)58-52)15-7-3-11-27-63-33-41-67-42-34-63/h17-21,23,58-59H,1-16,22,24-44H2. The molecular weight excluding hydrogens is 849 g/mol. The van der Waals surface area contributed by atoms with Gasteiger partial charge in [-0.1, -0.05) is 25.7 Å². The van der Waals surface area contributed by atoms with Crippen molar-refractivity contribution < 1.29 is 18.9 Å². The number of rotatable bonds is 24. The fraction of sp³-hybridized carbons (Fsp3) is 0.679. The number of hydrogen-bond acceptors (Lipinski definition) is 10. The topological polar surface area (TPSA) is 107 Å². The normalized spacial score (nSPS) is 19.1. The molecule has 9 rings (SSSR count). The average molecular weight is 933 g/mol. The van der Waals surface area contributed by atoms with Gasteiger partial charge in [0.05, 0.1) is 64.2 Å². The molecule has 372 valence electrons. The van der Waals surface area contributed by atoms with E-state index in [0.29, 0.717) is 0 Å². The molecule has 2 N–H and O–H groups in total. The fourth-order valence-corrected chi connectivity index (χ4v) is 11.4. The van der Waals surface area contributed by atoms with Gasteiger partial charge in [0.25, 0.3) is 0 Å². The number of H-pyrrole nitrogens is 2. The molecule has 3 aromatic rings. The van der Waals surface area contributed by atoms with E-state index in [9.17, 15) is 0 Å². The van der Waals surface area contributed by atoms with E-state index in [2.05, 4.69) is 66.0 Å². The molecule has 6 aliphatic heterocycles. The van der Waals surface area contributed by atoms with Crippen LogP contribution in [0.25, 0.3) is 34.2 Å². The van der Waals surface area contributed by atoms with Gasteiger partial charge in [-0.15, -0.1) is 0 Å². The fourth-order valence-electron chi connectivity index (χ4n) is 11.4. The summed E-state index contributed by atoms with van der Waals surface area (Å²) >= 11 is 0. The number of nitrogens with zero attached hydrogens (tertiary/aromatic N) is 6. The number of unbranched alkanes of at least 4 members (excludes halogenated alkanes) is 8. The van der Waals surface area contributed by atoms with Crippen molar-refractivity contribution in [3.63, 3.8) is 0 Å². The summed E-state index contributed by atoms with van der Waals surface area (Å²) in [5.41, 5.74) is 15.2. The number of aryl methyl sites for hydroxylation is 6. The van der Waals surface area contributed by atoms with Crippen LogP contribution in [0.2, 0.25) is 0 Å². The molecule has 0 saturated carbocycles. The molecule has 0 atom stereocenters. The number of nitrogens with one attached hydrogen (secondary N) is 2. The van der Waals surface area contributed by atoms with Crippen LogP contribution in [0.4, 0.5) is 0 Å². The minimum atomic E-state index is 0.865. The quantitative estimate of drug-likeness (QED) is 0.0666. The van der Waals surface area contributed by atoms with E-state index >= 15 is 0 Å². The molecule has 0 spiro atoms. The Bertz CT molecular complexity index is 2050. The van der Waals surface area contributed by atoms with Crippen LogP contribution < -0.4 is 0 Å². The van der Waals surface area contributed by atoms with E-state index < -0.39 is 0 Å². The van der Waals surface area contributed by atoms with E-state index in [0.717, 1.165) is 181 Å². The Morgan fingerprint density at radius 2 is 0.647 bits per heavy atom. The molecule has 3 aromatic heterocycles. The van der Waals surface area contributed by atoms with Crippen molar-refractivity contribution >= 4 is 34.2 Å². The van der Waals surface area contributed by atoms with Crippen LogP contribution in [0.3, 0.4) is 0 Å². The summed E-state index contributed by atoms with van der Waals surface area (Å²) in [6, 6.07) is 9.44. The summed E-state index contributed by atoms with van der Waals surface area (Å²) in [5, 5.41) is 0. The third-order valence-corrected chi connectivity index (χ3v) is 15.5. The molecule has 6 aliphatic rings. The SMILES string of the molecule is C1=Cc2nc1c(CCCCCN1CCOCC1)c1ccc([nH]1)c(CCCCCN1CCOCC1)c1nc(c(CCCCCN3CCOCC3)c3ccc([nH]3)c2CCCCCN2CCOCC2)CC1. The predicted octanol–water partition coefficient (Wildman–Crippen LogP) is 8.45. The molecule has 0 radical (unpaired) electrons. The Balaban J connectivity index is 1.04. The van der Waals surface area contributed by atoms with Crippen LogP contribution >= 0.6 is 0 Å². The lowest BCUT2D eigenvalue weighted by molar-refractivity contribution is 0.0371. The van der Waals surface area contributed by atoms with E-state index in [-0.39, 0.29) is 0 Å². The van der Waals surface area contributed by atoms with Crippen molar-refractivity contribution in [2.45, 2.75) is 116 Å².